The number of urea groups is 1. The van der Waals surface area contributed by atoms with Gasteiger partial charge in [-0.2, -0.15) is 0 Å². The first-order chi connectivity index (χ1) is 41.9. The number of alkyl carbamates (subject to hydrolysis) is 1. The number of methoxy groups -OCH3 is 2. The van der Waals surface area contributed by atoms with Gasteiger partial charge in [0.1, 0.15) is 64.4 Å². The summed E-state index contributed by atoms with van der Waals surface area (Å²) in [6.45, 7) is 9.82. The van der Waals surface area contributed by atoms with Gasteiger partial charge in [0, 0.05) is 63.2 Å². The number of nitrogens with zero attached hydrogens (tertiary/aromatic N) is 2. The smallest absolute Gasteiger partial charge is 0.409 e. The summed E-state index contributed by atoms with van der Waals surface area (Å²) < 4.78 is 66.8. The van der Waals surface area contributed by atoms with E-state index in [2.05, 4.69) is 58.4 Å². The van der Waals surface area contributed by atoms with Crippen molar-refractivity contribution in [3.8, 4) is 5.75 Å². The molecule has 2 fully saturated rings. The second-order valence-electron chi connectivity index (χ2n) is 22.9. The number of carbonyl (C=O) groups excluding carboxylic acids is 9. The maximum atomic E-state index is 16.2. The molecule has 5 rings (SSSR count). The lowest BCUT2D eigenvalue weighted by molar-refractivity contribution is -0.158. The number of primary amides is 1. The number of benzene rings is 2. The molecule has 89 heavy (non-hydrogen) atoms. The van der Waals surface area contributed by atoms with Crippen LogP contribution >= 0.6 is 43.5 Å². The fraction of sp³-hybridized carbons (Fsp3) is 0.583. The number of aliphatic hydroxyl groups is 1. The van der Waals surface area contributed by atoms with Crippen molar-refractivity contribution in [1.29, 1.82) is 0 Å². The van der Waals surface area contributed by atoms with Gasteiger partial charge in [0.25, 0.3) is 5.91 Å². The van der Waals surface area contributed by atoms with Gasteiger partial charge in [-0.3, -0.25) is 34.1 Å². The van der Waals surface area contributed by atoms with Crippen molar-refractivity contribution in [2.24, 2.45) is 23.5 Å². The van der Waals surface area contributed by atoms with Crippen LogP contribution < -0.4 is 42.0 Å². The summed E-state index contributed by atoms with van der Waals surface area (Å²) in [5.74, 6) is -9.48. The number of anilines is 2. The molecule has 0 unspecified atom stereocenters. The molecule has 29 heteroatoms. The monoisotopic (exact) mass is 1400 g/mol. The summed E-state index contributed by atoms with van der Waals surface area (Å²) in [5, 5.41) is 25.2. The highest BCUT2D eigenvalue weighted by Gasteiger charge is 2.64. The zero-order valence-electron chi connectivity index (χ0n) is 51.4. The number of alkyl halides is 2. The van der Waals surface area contributed by atoms with Crippen molar-refractivity contribution in [3.63, 3.8) is 0 Å². The third-order valence-corrected chi connectivity index (χ3v) is 17.8. The molecule has 10 atom stereocenters. The molecule has 4 bridgehead atoms. The number of hydrogen-bond donors (Lipinski definition) is 7. The number of hydrogen-bond acceptors (Lipinski definition) is 16. The molecule has 0 aromatic heterocycles. The van der Waals surface area contributed by atoms with Gasteiger partial charge in [0.2, 0.25) is 23.6 Å². The number of esters is 2. The first-order valence-corrected chi connectivity index (χ1v) is 31.6. The Morgan fingerprint density at radius 3 is 2.31 bits per heavy atom. The van der Waals surface area contributed by atoms with E-state index in [1.165, 1.54) is 33.1 Å². The van der Waals surface area contributed by atoms with Gasteiger partial charge in [0.15, 0.2) is 5.72 Å². The Hall–Kier alpha value is -6.46. The Labute approximate surface area is 538 Å². The molecule has 0 saturated carbocycles. The minimum Gasteiger partial charge on any atom is -0.495 e. The van der Waals surface area contributed by atoms with Crippen LogP contribution in [0.2, 0.25) is 5.02 Å². The van der Waals surface area contributed by atoms with Gasteiger partial charge in [-0.1, -0.05) is 88.0 Å². The van der Waals surface area contributed by atoms with Crippen molar-refractivity contribution >= 4 is 108 Å². The van der Waals surface area contributed by atoms with Crippen molar-refractivity contribution in [2.75, 3.05) is 62.3 Å². The van der Waals surface area contributed by atoms with Crippen molar-refractivity contribution < 1.29 is 85.5 Å². The Morgan fingerprint density at radius 2 is 1.67 bits per heavy atom. The molecule has 2 saturated heterocycles. The van der Waals surface area contributed by atoms with E-state index in [-0.39, 0.29) is 67.2 Å². The predicted octanol–water partition coefficient (Wildman–Crippen LogP) is 6.63. The van der Waals surface area contributed by atoms with Gasteiger partial charge in [0.05, 0.1) is 49.1 Å². The molecule has 2 aromatic carbocycles. The second kappa shape index (κ2) is 33.0. The molecule has 24 nitrogen and oxygen atoms in total. The second-order valence-corrected chi connectivity index (χ2v) is 24.6. The topological polar surface area (TPSA) is 325 Å². The molecule has 3 aliphatic rings. The number of halogens is 5. The highest BCUT2D eigenvalue weighted by molar-refractivity contribution is 9.09. The number of allylic oxidation sites excluding steroid dienone is 3. The largest absolute Gasteiger partial charge is 0.495 e. The first kappa shape index (κ1) is 73.3. The minimum absolute atomic E-state index is 0.0297. The Bertz CT molecular complexity index is 3000. The number of epoxide rings is 1. The molecule has 8 N–H and O–H groups in total. The Morgan fingerprint density at radius 1 is 0.978 bits per heavy atom. The summed E-state index contributed by atoms with van der Waals surface area (Å²) in [6.07, 6.45) is 0.716. The summed E-state index contributed by atoms with van der Waals surface area (Å²) >= 11 is 13.4. The molecule has 0 spiro atoms. The molecule has 0 radical (unpaired) electrons. The fourth-order valence-corrected chi connectivity index (χ4v) is 12.2. The lowest BCUT2D eigenvalue weighted by Crippen LogP contribution is -2.63. The van der Waals surface area contributed by atoms with Gasteiger partial charge >= 0.3 is 24.1 Å². The SMILES string of the molecule is COc1cc2cc(c1Cl)N(C)C(=O)C[C@H](OC(=O)[C@H](C)N(C)C(=O)c1cc(F)c(NC(=O)[C@H](CCCNC(N)=O)NC(=O)[C@@H](NC(=O)CCCCCOC(=O)C(CBr)CBr)C(C)C)cc1F)[C@]1(C)O[C@H]1[C@H](C)[C@@H]1C[C@@](O)(NC(=O)O1)[C@H](OC)/C=C/C=C(\C)C2. The molecule has 8 amide bonds. The first-order valence-electron chi connectivity index (χ1n) is 29.0. The number of rotatable bonds is 25. The number of unbranched alkanes of at least 4 members (excludes halogenated alkanes) is 2. The summed E-state index contributed by atoms with van der Waals surface area (Å²) in [5.41, 5.74) is 1.94. The van der Waals surface area contributed by atoms with Crippen LogP contribution in [-0.2, 0) is 58.9 Å². The van der Waals surface area contributed by atoms with Crippen LogP contribution in [0.15, 0.2) is 48.1 Å². The van der Waals surface area contributed by atoms with E-state index >= 15 is 8.78 Å². The number of likely N-dealkylation sites (N-methyl/N-ethyl adjacent to an activating group) is 1. The number of nitrogens with one attached hydrogen (secondary N) is 5. The molecule has 3 heterocycles. The quantitative estimate of drug-likeness (QED) is 0.0180. The lowest BCUT2D eigenvalue weighted by Gasteiger charge is -2.42. The third-order valence-electron chi connectivity index (χ3n) is 15.9. The summed E-state index contributed by atoms with van der Waals surface area (Å²) in [7, 11) is 5.38. The van der Waals surface area contributed by atoms with E-state index in [0.717, 1.165) is 17.5 Å². The van der Waals surface area contributed by atoms with Crippen LogP contribution in [-0.4, -0.2) is 170 Å². The molecule has 0 aliphatic carbocycles. The van der Waals surface area contributed by atoms with Crippen molar-refractivity contribution in [2.45, 2.75) is 153 Å². The standard InChI is InChI=1S/C60H81Br2ClF2N8O16/c1-31(2)50(70-47(74)19-12-11-13-21-86-56(80)36(29-61)30-62)53(77)68-40(17-15-20-67-57(66)81)52(76)69-41-26-38(64)37(25-39(41)65)54(78)72(7)34(5)55(79)88-46-27-48(75)73(8)42-23-35(24-43(84-9)49(42)63)22-32(3)16-14-18-45(85-10)60(83)28-44(87-58(82)71-60)33(4)51-59(46,6)89-51/h14,16,18,23-26,31,33-34,36,40,44-46,50-51,83H,11-13,15,17,19-22,27-30H2,1-10H3,(H,68,77)(H,69,76)(H,70,74)(H,71,82)(H3,66,67,81)/b18-14+,32-16+/t33-,34+,40+,44+,45-,46+,50+,51+,59+,60+/m1/s1. The number of ether oxygens (including phenoxy) is 6. The van der Waals surface area contributed by atoms with Crippen LogP contribution in [0, 0.1) is 29.4 Å². The van der Waals surface area contributed by atoms with E-state index in [0.29, 0.717) is 54.0 Å². The molecule has 3 aliphatic heterocycles. The van der Waals surface area contributed by atoms with E-state index in [4.69, 9.17) is 45.8 Å². The number of fused-ring (bicyclic) bond motifs is 5. The predicted molar refractivity (Wildman–Crippen MR) is 331 cm³/mol. The van der Waals surface area contributed by atoms with Crippen LogP contribution in [0.4, 0.5) is 29.7 Å². The Kier molecular flexibility index (Phi) is 27.2. The normalized spacial score (nSPS) is 23.8. The molecule has 492 valence electrons. The summed E-state index contributed by atoms with van der Waals surface area (Å²) in [4.78, 5) is 122. The van der Waals surface area contributed by atoms with Gasteiger partial charge in [-0.05, 0) is 89.0 Å². The fourth-order valence-electron chi connectivity index (χ4n) is 10.2. The van der Waals surface area contributed by atoms with E-state index in [1.54, 1.807) is 58.1 Å². The number of amides is 8. The van der Waals surface area contributed by atoms with Gasteiger partial charge in [-0.25, -0.2) is 23.2 Å². The molecular formula is C60H81Br2ClF2N8O16. The van der Waals surface area contributed by atoms with E-state index in [1.807, 2.05) is 6.92 Å². The maximum absolute atomic E-state index is 16.2. The number of nitrogens with two attached hydrogens (primary N) is 1. The molecular weight excluding hydrogens is 1320 g/mol. The zero-order valence-corrected chi connectivity index (χ0v) is 55.4. The van der Waals surface area contributed by atoms with Crippen LogP contribution in [0.5, 0.6) is 5.75 Å². The molecule has 2 aromatic rings. The lowest BCUT2D eigenvalue weighted by atomic mass is 9.83. The highest BCUT2D eigenvalue weighted by Crippen LogP contribution is 2.49. The van der Waals surface area contributed by atoms with Crippen molar-refractivity contribution in [3.05, 3.63) is 75.9 Å². The summed E-state index contributed by atoms with van der Waals surface area (Å²) in [6, 6.07) is -0.560. The van der Waals surface area contributed by atoms with Gasteiger partial charge in [-0.15, -0.1) is 0 Å². The van der Waals surface area contributed by atoms with Crippen LogP contribution in [0.1, 0.15) is 109 Å². The average molecular weight is 1400 g/mol. The van der Waals surface area contributed by atoms with E-state index in [9.17, 15) is 48.3 Å². The Balaban J connectivity index is 1.34. The maximum Gasteiger partial charge on any atom is 0.409 e. The van der Waals surface area contributed by atoms with Gasteiger partial charge < -0.3 is 70.3 Å². The third kappa shape index (κ3) is 19.5. The van der Waals surface area contributed by atoms with Crippen molar-refractivity contribution in [1.82, 2.24) is 26.2 Å². The van der Waals surface area contributed by atoms with E-state index < -0.39 is 143 Å². The average Bonchev–Trinajstić information content (AvgIpc) is 1.59. The van der Waals surface area contributed by atoms with Crippen LogP contribution in [0.25, 0.3) is 0 Å². The number of carbonyl (C=O) groups is 9. The van der Waals surface area contributed by atoms with Crippen LogP contribution in [0.3, 0.4) is 0 Å². The zero-order chi connectivity index (χ0) is 66.2. The highest BCUT2D eigenvalue weighted by atomic mass is 79.9. The minimum atomic E-state index is -1.97.